The molecule has 4 rings (SSSR count). The van der Waals surface area contributed by atoms with Gasteiger partial charge in [0.2, 0.25) is 5.91 Å². The summed E-state index contributed by atoms with van der Waals surface area (Å²) >= 11 is 1.32. The number of ether oxygens (including phenoxy) is 1. The lowest BCUT2D eigenvalue weighted by Crippen LogP contribution is -2.36. The van der Waals surface area contributed by atoms with Crippen molar-refractivity contribution in [3.05, 3.63) is 59.9 Å². The molecule has 0 radical (unpaired) electrons. The lowest BCUT2D eigenvalue weighted by Gasteiger charge is -2.24. The summed E-state index contributed by atoms with van der Waals surface area (Å²) in [5.74, 6) is -1.16. The van der Waals surface area contributed by atoms with Gasteiger partial charge in [-0.25, -0.2) is 17.6 Å². The van der Waals surface area contributed by atoms with Crippen molar-refractivity contribution in [2.24, 2.45) is 4.99 Å². The molecule has 1 saturated heterocycles. The standard InChI is InChI=1S/C22H22FN3O5S2/c1-2-31-21(28)14-3-7-16(8-4-14)24-20(27)11-26(17-9-5-15(23)6-10-17)22-25-18-12-33(29,30)13-19(18)32-22/h3-10,18-19H,2,11-13H2,1H3,(H,24,27)/t18-,19+/m1/s1. The van der Waals surface area contributed by atoms with Gasteiger partial charge in [-0.05, 0) is 55.5 Å². The average Bonchev–Trinajstić information content (AvgIpc) is 3.27. The summed E-state index contributed by atoms with van der Waals surface area (Å²) in [7, 11) is -3.11. The number of fused-ring (bicyclic) bond motifs is 1. The SMILES string of the molecule is CCOC(=O)c1ccc(NC(=O)CN(C2=N[C@@H]3CS(=O)(=O)C[C@@H]3S2)c2ccc(F)cc2)cc1. The second kappa shape index (κ2) is 9.52. The molecule has 1 amide bonds. The summed E-state index contributed by atoms with van der Waals surface area (Å²) in [5, 5.41) is 3.11. The molecule has 0 spiro atoms. The molecule has 0 bridgehead atoms. The number of halogens is 1. The Morgan fingerprint density at radius 1 is 1.15 bits per heavy atom. The van der Waals surface area contributed by atoms with Gasteiger partial charge in [-0.1, -0.05) is 11.8 Å². The van der Waals surface area contributed by atoms with E-state index in [0.717, 1.165) is 0 Å². The monoisotopic (exact) mass is 491 g/mol. The molecule has 2 atom stereocenters. The summed E-state index contributed by atoms with van der Waals surface area (Å²) in [6.07, 6.45) is 0. The maximum absolute atomic E-state index is 13.5. The van der Waals surface area contributed by atoms with Gasteiger partial charge in [-0.2, -0.15) is 0 Å². The first-order valence-corrected chi connectivity index (χ1v) is 13.0. The van der Waals surface area contributed by atoms with Crippen molar-refractivity contribution in [3.8, 4) is 0 Å². The molecule has 1 N–H and O–H groups in total. The Labute approximate surface area is 195 Å². The van der Waals surface area contributed by atoms with Crippen LogP contribution in [0.1, 0.15) is 17.3 Å². The van der Waals surface area contributed by atoms with Gasteiger partial charge in [0, 0.05) is 16.6 Å². The number of amides is 1. The van der Waals surface area contributed by atoms with Crippen molar-refractivity contribution < 1.29 is 27.1 Å². The number of hydrogen-bond donors (Lipinski definition) is 1. The lowest BCUT2D eigenvalue weighted by molar-refractivity contribution is -0.114. The van der Waals surface area contributed by atoms with E-state index in [-0.39, 0.29) is 41.9 Å². The molecular weight excluding hydrogens is 469 g/mol. The van der Waals surface area contributed by atoms with Gasteiger partial charge in [0.25, 0.3) is 0 Å². The largest absolute Gasteiger partial charge is 0.462 e. The third kappa shape index (κ3) is 5.53. The molecule has 0 saturated carbocycles. The average molecular weight is 492 g/mol. The van der Waals surface area contributed by atoms with E-state index in [1.807, 2.05) is 0 Å². The minimum Gasteiger partial charge on any atom is -0.462 e. The number of esters is 1. The second-order valence-corrected chi connectivity index (χ2v) is 11.0. The molecule has 33 heavy (non-hydrogen) atoms. The summed E-state index contributed by atoms with van der Waals surface area (Å²) < 4.78 is 42.2. The molecule has 2 aromatic carbocycles. The van der Waals surface area contributed by atoms with Crippen LogP contribution in [-0.4, -0.2) is 61.4 Å². The smallest absolute Gasteiger partial charge is 0.338 e. The van der Waals surface area contributed by atoms with Gasteiger partial charge in [-0.3, -0.25) is 9.79 Å². The summed E-state index contributed by atoms with van der Waals surface area (Å²) in [4.78, 5) is 30.8. The van der Waals surface area contributed by atoms with Crippen LogP contribution in [0.15, 0.2) is 53.5 Å². The lowest BCUT2D eigenvalue weighted by atomic mass is 10.2. The number of thioether (sulfide) groups is 1. The Morgan fingerprint density at radius 2 is 1.85 bits per heavy atom. The topological polar surface area (TPSA) is 105 Å². The van der Waals surface area contributed by atoms with Gasteiger partial charge in [0.05, 0.1) is 29.7 Å². The number of amidine groups is 1. The first-order valence-electron chi connectivity index (χ1n) is 10.3. The maximum atomic E-state index is 13.5. The predicted octanol–water partition coefficient (Wildman–Crippen LogP) is 2.72. The second-order valence-electron chi connectivity index (χ2n) is 7.62. The number of hydrogen-bond acceptors (Lipinski definition) is 8. The van der Waals surface area contributed by atoms with Gasteiger partial charge in [-0.15, -0.1) is 0 Å². The predicted molar refractivity (Wildman–Crippen MR) is 126 cm³/mol. The van der Waals surface area contributed by atoms with E-state index in [1.165, 1.54) is 23.9 Å². The highest BCUT2D eigenvalue weighted by molar-refractivity contribution is 8.15. The summed E-state index contributed by atoms with van der Waals surface area (Å²) in [6, 6.07) is 11.6. The van der Waals surface area contributed by atoms with E-state index >= 15 is 0 Å². The number of nitrogens with zero attached hydrogens (tertiary/aromatic N) is 2. The Bertz CT molecular complexity index is 1180. The highest BCUT2D eigenvalue weighted by atomic mass is 32.2. The van der Waals surface area contributed by atoms with Gasteiger partial charge in [0.15, 0.2) is 15.0 Å². The Kier molecular flexibility index (Phi) is 6.71. The van der Waals surface area contributed by atoms with Crippen LogP contribution in [-0.2, 0) is 19.4 Å². The van der Waals surface area contributed by atoms with Crippen molar-refractivity contribution in [1.82, 2.24) is 0 Å². The van der Waals surface area contributed by atoms with E-state index in [1.54, 1.807) is 48.2 Å². The molecule has 11 heteroatoms. The number of aliphatic imine (C=N–C) groups is 1. The van der Waals surface area contributed by atoms with Crippen LogP contribution in [0.3, 0.4) is 0 Å². The molecule has 8 nitrogen and oxygen atoms in total. The molecule has 2 aromatic rings. The number of carbonyl (C=O) groups excluding carboxylic acids is 2. The Hall–Kier alpha value is -2.92. The zero-order valence-electron chi connectivity index (χ0n) is 17.7. The molecule has 2 heterocycles. The van der Waals surface area contributed by atoms with E-state index in [2.05, 4.69) is 10.3 Å². The van der Waals surface area contributed by atoms with E-state index in [9.17, 15) is 22.4 Å². The van der Waals surface area contributed by atoms with Gasteiger partial charge < -0.3 is 15.0 Å². The molecule has 0 unspecified atom stereocenters. The molecule has 2 aliphatic heterocycles. The molecule has 2 aliphatic rings. The molecule has 1 fully saturated rings. The van der Waals surface area contributed by atoms with Gasteiger partial charge >= 0.3 is 5.97 Å². The van der Waals surface area contributed by atoms with E-state index < -0.39 is 21.6 Å². The van der Waals surface area contributed by atoms with Crippen molar-refractivity contribution >= 4 is 50.0 Å². The number of benzene rings is 2. The quantitative estimate of drug-likeness (QED) is 0.620. The zero-order chi connectivity index (χ0) is 23.6. The van der Waals surface area contributed by atoms with E-state index in [0.29, 0.717) is 22.1 Å². The molecule has 0 aromatic heterocycles. The normalized spacial score (nSPS) is 20.6. The number of sulfone groups is 1. The first kappa shape index (κ1) is 23.2. The number of anilines is 2. The van der Waals surface area contributed by atoms with Crippen LogP contribution < -0.4 is 10.2 Å². The summed E-state index contributed by atoms with van der Waals surface area (Å²) in [6.45, 7) is 1.88. The van der Waals surface area contributed by atoms with E-state index in [4.69, 9.17) is 4.74 Å². The molecule has 0 aliphatic carbocycles. The van der Waals surface area contributed by atoms with Crippen LogP contribution in [0.5, 0.6) is 0 Å². The number of carbonyl (C=O) groups is 2. The fourth-order valence-corrected chi connectivity index (χ4v) is 7.39. The Morgan fingerprint density at radius 3 is 2.48 bits per heavy atom. The van der Waals surface area contributed by atoms with Crippen molar-refractivity contribution in [2.75, 3.05) is 34.9 Å². The van der Waals surface area contributed by atoms with Crippen LogP contribution in [0.2, 0.25) is 0 Å². The fraction of sp³-hybridized carbons (Fsp3) is 0.318. The minimum atomic E-state index is -3.11. The Balaban J connectivity index is 1.49. The highest BCUT2D eigenvalue weighted by Gasteiger charge is 2.44. The number of nitrogens with one attached hydrogen (secondary N) is 1. The molecule has 174 valence electrons. The zero-order valence-corrected chi connectivity index (χ0v) is 19.4. The highest BCUT2D eigenvalue weighted by Crippen LogP contribution is 2.36. The maximum Gasteiger partial charge on any atom is 0.338 e. The third-order valence-corrected chi connectivity index (χ3v) is 8.40. The van der Waals surface area contributed by atoms with Crippen LogP contribution in [0.25, 0.3) is 0 Å². The van der Waals surface area contributed by atoms with Crippen LogP contribution in [0, 0.1) is 5.82 Å². The molecular formula is C22H22FN3O5S2. The van der Waals surface area contributed by atoms with Crippen LogP contribution in [0.4, 0.5) is 15.8 Å². The van der Waals surface area contributed by atoms with Crippen molar-refractivity contribution in [2.45, 2.75) is 18.2 Å². The fourth-order valence-electron chi connectivity index (χ4n) is 3.61. The van der Waals surface area contributed by atoms with Gasteiger partial charge in [0.1, 0.15) is 12.4 Å². The van der Waals surface area contributed by atoms with Crippen molar-refractivity contribution in [1.29, 1.82) is 0 Å². The third-order valence-electron chi connectivity index (χ3n) is 5.16. The van der Waals surface area contributed by atoms with Crippen LogP contribution >= 0.6 is 11.8 Å². The van der Waals surface area contributed by atoms with Crippen molar-refractivity contribution in [3.63, 3.8) is 0 Å². The number of rotatable bonds is 6. The minimum absolute atomic E-state index is 0.00949. The first-order chi connectivity index (χ1) is 15.7. The summed E-state index contributed by atoms with van der Waals surface area (Å²) in [5.41, 5.74) is 1.44.